The smallest absolute Gasteiger partial charge is 0.00998 e. The van der Waals surface area contributed by atoms with E-state index in [-0.39, 0.29) is 0 Å². The van der Waals surface area contributed by atoms with Gasteiger partial charge >= 0.3 is 0 Å². The van der Waals surface area contributed by atoms with Crippen LogP contribution in [0.2, 0.25) is 0 Å². The van der Waals surface area contributed by atoms with Crippen LogP contribution >= 0.6 is 0 Å². The molecule has 0 spiro atoms. The molecule has 0 unspecified atom stereocenters. The minimum absolute atomic E-state index is 0.917. The van der Waals surface area contributed by atoms with Crippen molar-refractivity contribution in [3.05, 3.63) is 84.5 Å². The summed E-state index contributed by atoms with van der Waals surface area (Å²) in [5, 5.41) is 0. The Morgan fingerprint density at radius 2 is 1.45 bits per heavy atom. The standard InChI is InChI=1S/C20H22/c1-4-8-17-10-7-11-19(14-17)20-13-16(6-3)12-18(15-20)9-5-2/h4-5,7,10-15H,1-2,6,8-9H2,3H3. The van der Waals surface area contributed by atoms with Gasteiger partial charge in [-0.3, -0.25) is 0 Å². The zero-order chi connectivity index (χ0) is 14.4. The fraction of sp³-hybridized carbons (Fsp3) is 0.200. The average Bonchev–Trinajstić information content (AvgIpc) is 2.48. The Balaban J connectivity index is 2.44. The van der Waals surface area contributed by atoms with Crippen molar-refractivity contribution in [1.82, 2.24) is 0 Å². The fourth-order valence-corrected chi connectivity index (χ4v) is 2.46. The Hall–Kier alpha value is -2.08. The third-order valence-corrected chi connectivity index (χ3v) is 3.48. The second-order valence-electron chi connectivity index (χ2n) is 5.08. The first-order valence-corrected chi connectivity index (χ1v) is 7.20. The maximum atomic E-state index is 3.84. The lowest BCUT2D eigenvalue weighted by Crippen LogP contribution is -1.90. The van der Waals surface area contributed by atoms with Crippen LogP contribution in [0, 0.1) is 0 Å². The van der Waals surface area contributed by atoms with Gasteiger partial charge in [0.1, 0.15) is 0 Å². The molecule has 0 bridgehead atoms. The molecule has 0 saturated carbocycles. The van der Waals surface area contributed by atoms with Gasteiger partial charge in [-0.05, 0) is 47.1 Å². The summed E-state index contributed by atoms with van der Waals surface area (Å²) < 4.78 is 0. The van der Waals surface area contributed by atoms with Gasteiger partial charge in [-0.2, -0.15) is 0 Å². The zero-order valence-electron chi connectivity index (χ0n) is 12.2. The highest BCUT2D eigenvalue weighted by Crippen LogP contribution is 2.24. The molecule has 0 heterocycles. The van der Waals surface area contributed by atoms with E-state index in [0.717, 1.165) is 19.3 Å². The van der Waals surface area contributed by atoms with Crippen molar-refractivity contribution in [2.45, 2.75) is 26.2 Å². The lowest BCUT2D eigenvalue weighted by atomic mass is 9.96. The average molecular weight is 262 g/mol. The second kappa shape index (κ2) is 6.91. The lowest BCUT2D eigenvalue weighted by Gasteiger charge is -2.09. The Labute approximate surface area is 122 Å². The summed E-state index contributed by atoms with van der Waals surface area (Å²) in [7, 11) is 0. The predicted molar refractivity (Wildman–Crippen MR) is 89.1 cm³/mol. The molecule has 0 heteroatoms. The minimum atomic E-state index is 0.917. The quantitative estimate of drug-likeness (QED) is 0.614. The summed E-state index contributed by atoms with van der Waals surface area (Å²) >= 11 is 0. The lowest BCUT2D eigenvalue weighted by molar-refractivity contribution is 1.12. The minimum Gasteiger partial charge on any atom is -0.103 e. The molecule has 0 atom stereocenters. The number of allylic oxidation sites excluding steroid dienone is 2. The molecule has 0 aliphatic heterocycles. The van der Waals surface area contributed by atoms with Crippen molar-refractivity contribution in [2.75, 3.05) is 0 Å². The van der Waals surface area contributed by atoms with Crippen LogP contribution in [0.1, 0.15) is 23.6 Å². The predicted octanol–water partition coefficient (Wildman–Crippen LogP) is 5.37. The number of hydrogen-bond acceptors (Lipinski definition) is 0. The highest BCUT2D eigenvalue weighted by atomic mass is 14.1. The van der Waals surface area contributed by atoms with Crippen molar-refractivity contribution in [3.8, 4) is 11.1 Å². The van der Waals surface area contributed by atoms with Crippen LogP contribution < -0.4 is 0 Å². The first kappa shape index (κ1) is 14.3. The van der Waals surface area contributed by atoms with Crippen molar-refractivity contribution >= 4 is 0 Å². The number of aryl methyl sites for hydroxylation is 1. The molecule has 0 N–H and O–H groups in total. The van der Waals surface area contributed by atoms with Crippen LogP contribution in [0.15, 0.2) is 67.8 Å². The SMILES string of the molecule is C=CCc1cccc(-c2cc(CC)cc(CC=C)c2)c1. The molecule has 0 aromatic heterocycles. The monoisotopic (exact) mass is 262 g/mol. The molecule has 0 radical (unpaired) electrons. The van der Waals surface area contributed by atoms with Crippen LogP contribution in [0.3, 0.4) is 0 Å². The summed E-state index contributed by atoms with van der Waals surface area (Å²) in [5.74, 6) is 0. The molecule has 0 amide bonds. The molecule has 0 nitrogen and oxygen atoms in total. The van der Waals surface area contributed by atoms with Gasteiger partial charge in [-0.25, -0.2) is 0 Å². The van der Waals surface area contributed by atoms with Gasteiger partial charge in [0.2, 0.25) is 0 Å². The van der Waals surface area contributed by atoms with E-state index in [1.54, 1.807) is 0 Å². The first-order valence-electron chi connectivity index (χ1n) is 7.20. The summed E-state index contributed by atoms with van der Waals surface area (Å²) in [6.45, 7) is 9.85. The van der Waals surface area contributed by atoms with E-state index in [2.05, 4.69) is 62.5 Å². The Bertz CT molecular complexity index is 605. The molecule has 2 aromatic rings. The van der Waals surface area contributed by atoms with Crippen molar-refractivity contribution in [1.29, 1.82) is 0 Å². The maximum Gasteiger partial charge on any atom is -0.00998 e. The van der Waals surface area contributed by atoms with E-state index >= 15 is 0 Å². The molecule has 0 aliphatic carbocycles. The third kappa shape index (κ3) is 3.48. The molecule has 0 fully saturated rings. The Morgan fingerprint density at radius 3 is 2.15 bits per heavy atom. The van der Waals surface area contributed by atoms with E-state index in [9.17, 15) is 0 Å². The summed E-state index contributed by atoms with van der Waals surface area (Å²) in [5.41, 5.74) is 6.61. The van der Waals surface area contributed by atoms with Gasteiger partial charge in [0, 0.05) is 0 Å². The van der Waals surface area contributed by atoms with Crippen LogP contribution in [-0.2, 0) is 19.3 Å². The molecule has 0 saturated heterocycles. The Kier molecular flexibility index (Phi) is 4.95. The number of benzene rings is 2. The second-order valence-corrected chi connectivity index (χ2v) is 5.08. The largest absolute Gasteiger partial charge is 0.103 e. The maximum absolute atomic E-state index is 3.84. The molecule has 2 aromatic carbocycles. The van der Waals surface area contributed by atoms with Gasteiger partial charge in [0.25, 0.3) is 0 Å². The fourth-order valence-electron chi connectivity index (χ4n) is 2.46. The molecular formula is C20H22. The van der Waals surface area contributed by atoms with E-state index in [1.165, 1.54) is 27.8 Å². The first-order chi connectivity index (χ1) is 9.76. The highest BCUT2D eigenvalue weighted by Gasteiger charge is 2.03. The third-order valence-electron chi connectivity index (χ3n) is 3.48. The zero-order valence-corrected chi connectivity index (χ0v) is 12.2. The van der Waals surface area contributed by atoms with Crippen LogP contribution in [0.5, 0.6) is 0 Å². The van der Waals surface area contributed by atoms with E-state index < -0.39 is 0 Å². The molecule has 20 heavy (non-hydrogen) atoms. The van der Waals surface area contributed by atoms with Gasteiger partial charge in [0.05, 0.1) is 0 Å². The molecule has 0 aliphatic rings. The van der Waals surface area contributed by atoms with E-state index in [1.807, 2.05) is 12.2 Å². The number of hydrogen-bond donors (Lipinski definition) is 0. The van der Waals surface area contributed by atoms with Crippen LogP contribution in [-0.4, -0.2) is 0 Å². The van der Waals surface area contributed by atoms with E-state index in [4.69, 9.17) is 0 Å². The van der Waals surface area contributed by atoms with Gasteiger partial charge < -0.3 is 0 Å². The van der Waals surface area contributed by atoms with Crippen molar-refractivity contribution in [3.63, 3.8) is 0 Å². The van der Waals surface area contributed by atoms with Gasteiger partial charge in [-0.1, -0.05) is 61.5 Å². The topological polar surface area (TPSA) is 0 Å². The molecule has 102 valence electrons. The highest BCUT2D eigenvalue weighted by molar-refractivity contribution is 5.66. The van der Waals surface area contributed by atoms with Crippen molar-refractivity contribution in [2.24, 2.45) is 0 Å². The Morgan fingerprint density at radius 1 is 0.800 bits per heavy atom. The molecule has 2 rings (SSSR count). The normalized spacial score (nSPS) is 10.2. The van der Waals surface area contributed by atoms with E-state index in [0.29, 0.717) is 0 Å². The van der Waals surface area contributed by atoms with Crippen LogP contribution in [0.25, 0.3) is 11.1 Å². The number of rotatable bonds is 6. The van der Waals surface area contributed by atoms with Crippen LogP contribution in [0.4, 0.5) is 0 Å². The summed E-state index contributed by atoms with van der Waals surface area (Å²) in [4.78, 5) is 0. The summed E-state index contributed by atoms with van der Waals surface area (Å²) in [6.07, 6.45) is 6.82. The van der Waals surface area contributed by atoms with Gasteiger partial charge in [0.15, 0.2) is 0 Å². The van der Waals surface area contributed by atoms with Crippen molar-refractivity contribution < 1.29 is 0 Å². The molecular weight excluding hydrogens is 240 g/mol. The summed E-state index contributed by atoms with van der Waals surface area (Å²) in [6, 6.07) is 15.6. The van der Waals surface area contributed by atoms with Gasteiger partial charge in [-0.15, -0.1) is 13.2 Å².